The van der Waals surface area contributed by atoms with Crippen LogP contribution in [0.1, 0.15) is 27.2 Å². The smallest absolute Gasteiger partial charge is 0.278 e. The van der Waals surface area contributed by atoms with Crippen molar-refractivity contribution in [3.8, 4) is 5.88 Å². The van der Waals surface area contributed by atoms with Gasteiger partial charge >= 0.3 is 0 Å². The Morgan fingerprint density at radius 1 is 1.43 bits per heavy atom. The van der Waals surface area contributed by atoms with Gasteiger partial charge in [0.05, 0.1) is 17.1 Å². The Labute approximate surface area is 125 Å². The average molecular weight is 296 g/mol. The van der Waals surface area contributed by atoms with Crippen LogP contribution in [-0.4, -0.2) is 47.6 Å². The molecular weight excluding hydrogens is 272 g/mol. The molecule has 21 heavy (non-hydrogen) atoms. The summed E-state index contributed by atoms with van der Waals surface area (Å²) in [6.45, 7) is 7.17. The summed E-state index contributed by atoms with van der Waals surface area (Å²) in [6.07, 6.45) is 0.911. The van der Waals surface area contributed by atoms with Crippen molar-refractivity contribution in [1.29, 1.82) is 0 Å². The third kappa shape index (κ3) is 5.18. The first-order chi connectivity index (χ1) is 9.76. The minimum Gasteiger partial charge on any atom is -0.475 e. The van der Waals surface area contributed by atoms with Crippen molar-refractivity contribution in [3.63, 3.8) is 0 Å². The van der Waals surface area contributed by atoms with Gasteiger partial charge in [-0.15, -0.1) is 0 Å². The molecule has 1 heterocycles. The number of hydrogen-bond donors (Lipinski definition) is 1. The third-order valence-electron chi connectivity index (χ3n) is 3.34. The summed E-state index contributed by atoms with van der Waals surface area (Å²) in [5.41, 5.74) is -0.218. The van der Waals surface area contributed by atoms with Gasteiger partial charge in [-0.3, -0.25) is 10.1 Å². The summed E-state index contributed by atoms with van der Waals surface area (Å²) >= 11 is 0. The van der Waals surface area contributed by atoms with E-state index >= 15 is 0 Å². The van der Waals surface area contributed by atoms with E-state index in [0.29, 0.717) is 19.0 Å². The van der Waals surface area contributed by atoms with E-state index in [0.717, 1.165) is 6.42 Å². The molecule has 0 aliphatic heterocycles. The molecule has 0 saturated heterocycles. The minimum absolute atomic E-state index is 0.0266. The Balaban J connectivity index is 2.90. The highest BCUT2D eigenvalue weighted by Crippen LogP contribution is 2.23. The van der Waals surface area contributed by atoms with Crippen LogP contribution in [0.5, 0.6) is 5.88 Å². The zero-order valence-electron chi connectivity index (χ0n) is 13.3. The van der Waals surface area contributed by atoms with Gasteiger partial charge in [0.25, 0.3) is 5.69 Å². The molecule has 0 fully saturated rings. The van der Waals surface area contributed by atoms with Crippen LogP contribution in [0.2, 0.25) is 0 Å². The highest BCUT2D eigenvalue weighted by atomic mass is 16.6. The number of nitrogens with one attached hydrogen (secondary N) is 1. The predicted molar refractivity (Wildman–Crippen MR) is 82.9 cm³/mol. The zero-order chi connectivity index (χ0) is 16.0. The van der Waals surface area contributed by atoms with Gasteiger partial charge < -0.3 is 15.0 Å². The number of aromatic nitrogens is 1. The van der Waals surface area contributed by atoms with Crippen LogP contribution in [-0.2, 0) is 0 Å². The molecule has 1 aromatic heterocycles. The summed E-state index contributed by atoms with van der Waals surface area (Å²) in [7, 11) is 3.91. The fraction of sp³-hybridized carbons (Fsp3) is 0.643. The van der Waals surface area contributed by atoms with Gasteiger partial charge in [-0.25, -0.2) is 0 Å². The van der Waals surface area contributed by atoms with E-state index in [1.807, 2.05) is 39.8 Å². The van der Waals surface area contributed by atoms with Crippen LogP contribution in [0.25, 0.3) is 0 Å². The summed E-state index contributed by atoms with van der Waals surface area (Å²) < 4.78 is 5.65. The summed E-state index contributed by atoms with van der Waals surface area (Å²) in [6, 6.07) is 2.77. The van der Waals surface area contributed by atoms with Crippen molar-refractivity contribution in [1.82, 2.24) is 9.88 Å². The lowest BCUT2D eigenvalue weighted by atomic mass is 10.1. The fourth-order valence-corrected chi connectivity index (χ4v) is 1.39. The molecule has 1 aromatic rings. The molecule has 118 valence electrons. The van der Waals surface area contributed by atoms with Gasteiger partial charge in [-0.05, 0) is 34.4 Å². The molecule has 0 aromatic carbocycles. The first-order valence-electron chi connectivity index (χ1n) is 6.97. The second kappa shape index (κ2) is 7.21. The minimum atomic E-state index is -0.442. The Morgan fingerprint density at radius 2 is 2.10 bits per heavy atom. The van der Waals surface area contributed by atoms with Crippen molar-refractivity contribution >= 4 is 11.5 Å². The number of likely N-dealkylation sites (N-methyl/N-ethyl adjacent to an activating group) is 1. The number of anilines is 1. The highest BCUT2D eigenvalue weighted by molar-refractivity contribution is 5.48. The summed E-state index contributed by atoms with van der Waals surface area (Å²) in [4.78, 5) is 16.8. The SMILES string of the molecule is CCCNc1cc([N+](=O)[O-])cc(OCC(C)(C)N(C)C)n1. The van der Waals surface area contributed by atoms with Gasteiger partial charge in [-0.1, -0.05) is 6.92 Å². The predicted octanol–water partition coefficient (Wildman–Crippen LogP) is 2.53. The van der Waals surface area contributed by atoms with E-state index in [9.17, 15) is 10.1 Å². The van der Waals surface area contributed by atoms with Crippen LogP contribution in [0.15, 0.2) is 12.1 Å². The van der Waals surface area contributed by atoms with Gasteiger partial charge in [0, 0.05) is 12.1 Å². The van der Waals surface area contributed by atoms with Crippen LogP contribution in [0, 0.1) is 10.1 Å². The molecule has 0 spiro atoms. The highest BCUT2D eigenvalue weighted by Gasteiger charge is 2.22. The van der Waals surface area contributed by atoms with E-state index in [4.69, 9.17) is 4.74 Å². The first kappa shape index (κ1) is 17.2. The van der Waals surface area contributed by atoms with Gasteiger partial charge in [-0.2, -0.15) is 4.98 Å². The largest absolute Gasteiger partial charge is 0.475 e. The molecule has 0 atom stereocenters. The van der Waals surface area contributed by atoms with Crippen molar-refractivity contribution in [2.24, 2.45) is 0 Å². The van der Waals surface area contributed by atoms with Crippen LogP contribution < -0.4 is 10.1 Å². The van der Waals surface area contributed by atoms with Gasteiger partial charge in [0.1, 0.15) is 12.4 Å². The molecule has 0 radical (unpaired) electrons. The standard InChI is InChI=1S/C14H24N4O3/c1-6-7-15-12-8-11(18(19)20)9-13(16-12)21-10-14(2,3)17(4)5/h8-9H,6-7,10H2,1-5H3,(H,15,16). The number of pyridine rings is 1. The Hall–Kier alpha value is -1.89. The van der Waals surface area contributed by atoms with Gasteiger partial charge in [0.2, 0.25) is 5.88 Å². The molecule has 1 N–H and O–H groups in total. The molecule has 1 rings (SSSR count). The van der Waals surface area contributed by atoms with E-state index in [2.05, 4.69) is 10.3 Å². The van der Waals surface area contributed by atoms with Crippen molar-refractivity contribution < 1.29 is 9.66 Å². The first-order valence-corrected chi connectivity index (χ1v) is 6.97. The van der Waals surface area contributed by atoms with E-state index in [-0.39, 0.29) is 17.1 Å². The molecule has 0 aliphatic carbocycles. The summed E-state index contributed by atoms with van der Waals surface area (Å²) in [5.74, 6) is 0.724. The van der Waals surface area contributed by atoms with Crippen molar-refractivity contribution in [3.05, 3.63) is 22.2 Å². The lowest BCUT2D eigenvalue weighted by Crippen LogP contribution is -2.43. The molecule has 0 saturated carbocycles. The second-order valence-corrected chi connectivity index (χ2v) is 5.73. The molecule has 0 bridgehead atoms. The van der Waals surface area contributed by atoms with E-state index in [1.165, 1.54) is 12.1 Å². The lowest BCUT2D eigenvalue weighted by Gasteiger charge is -2.31. The number of hydrogen-bond acceptors (Lipinski definition) is 6. The lowest BCUT2D eigenvalue weighted by molar-refractivity contribution is -0.384. The Kier molecular flexibility index (Phi) is 5.90. The Morgan fingerprint density at radius 3 is 2.62 bits per heavy atom. The zero-order valence-corrected chi connectivity index (χ0v) is 13.3. The fourth-order valence-electron chi connectivity index (χ4n) is 1.39. The third-order valence-corrected chi connectivity index (χ3v) is 3.34. The second-order valence-electron chi connectivity index (χ2n) is 5.73. The molecule has 7 nitrogen and oxygen atoms in total. The average Bonchev–Trinajstić information content (AvgIpc) is 2.42. The number of ether oxygens (including phenoxy) is 1. The normalized spacial score (nSPS) is 11.5. The van der Waals surface area contributed by atoms with Crippen LogP contribution in [0.4, 0.5) is 11.5 Å². The molecule has 0 amide bonds. The Bertz CT molecular complexity index is 489. The number of nitro groups is 1. The van der Waals surface area contributed by atoms with Crippen LogP contribution >= 0.6 is 0 Å². The van der Waals surface area contributed by atoms with E-state index < -0.39 is 4.92 Å². The maximum atomic E-state index is 11.0. The van der Waals surface area contributed by atoms with Crippen molar-refractivity contribution in [2.45, 2.75) is 32.7 Å². The molecular formula is C14H24N4O3. The maximum Gasteiger partial charge on any atom is 0.278 e. The van der Waals surface area contributed by atoms with Crippen LogP contribution in [0.3, 0.4) is 0 Å². The molecule has 0 unspecified atom stereocenters. The maximum absolute atomic E-state index is 11.0. The summed E-state index contributed by atoms with van der Waals surface area (Å²) in [5, 5.41) is 14.0. The number of rotatable bonds is 8. The monoisotopic (exact) mass is 296 g/mol. The molecule has 7 heteroatoms. The topological polar surface area (TPSA) is 80.5 Å². The van der Waals surface area contributed by atoms with E-state index in [1.54, 1.807) is 0 Å². The van der Waals surface area contributed by atoms with Crippen molar-refractivity contribution in [2.75, 3.05) is 32.6 Å². The molecule has 0 aliphatic rings. The quantitative estimate of drug-likeness (QED) is 0.586. The van der Waals surface area contributed by atoms with Gasteiger partial charge in [0.15, 0.2) is 0 Å². The number of nitrogens with zero attached hydrogens (tertiary/aromatic N) is 3.